The first kappa shape index (κ1) is 11.2. The second-order valence-corrected chi connectivity index (χ2v) is 5.24. The molecule has 1 N–H and O–H groups in total. The van der Waals surface area contributed by atoms with Gasteiger partial charge >= 0.3 is 0 Å². The molecule has 2 aliphatic heterocycles. The third-order valence-electron chi connectivity index (χ3n) is 4.26. The summed E-state index contributed by atoms with van der Waals surface area (Å²) in [5, 5.41) is 3.46. The topological polar surface area (TPSA) is 28.2 Å². The molecule has 3 rings (SSSR count). The second kappa shape index (κ2) is 5.15. The van der Waals surface area contributed by atoms with Crippen LogP contribution in [0.3, 0.4) is 0 Å². The SMILES string of the molecule is c1cc(C2CCN(C3CCNC3)CC2)ccn1. The molecule has 2 fully saturated rings. The van der Waals surface area contributed by atoms with Gasteiger partial charge in [0.1, 0.15) is 0 Å². The second-order valence-electron chi connectivity index (χ2n) is 5.24. The fourth-order valence-corrected chi connectivity index (χ4v) is 3.18. The van der Waals surface area contributed by atoms with Crippen molar-refractivity contribution >= 4 is 0 Å². The smallest absolute Gasteiger partial charge is 0.0270 e. The molecule has 2 aliphatic rings. The summed E-state index contributed by atoms with van der Waals surface area (Å²) < 4.78 is 0. The molecule has 0 bridgehead atoms. The summed E-state index contributed by atoms with van der Waals surface area (Å²) in [6.07, 6.45) is 7.78. The fourth-order valence-electron chi connectivity index (χ4n) is 3.18. The highest BCUT2D eigenvalue weighted by molar-refractivity contribution is 5.16. The van der Waals surface area contributed by atoms with Gasteiger partial charge in [0, 0.05) is 25.0 Å². The molecule has 0 amide bonds. The van der Waals surface area contributed by atoms with E-state index in [2.05, 4.69) is 27.3 Å². The van der Waals surface area contributed by atoms with Crippen LogP contribution in [-0.4, -0.2) is 42.1 Å². The lowest BCUT2D eigenvalue weighted by Crippen LogP contribution is -2.42. The molecule has 0 aromatic carbocycles. The molecular weight excluding hydrogens is 210 g/mol. The number of nitrogens with one attached hydrogen (secondary N) is 1. The van der Waals surface area contributed by atoms with Crippen LogP contribution < -0.4 is 5.32 Å². The molecule has 1 unspecified atom stereocenters. The van der Waals surface area contributed by atoms with Crippen molar-refractivity contribution in [1.29, 1.82) is 0 Å². The zero-order valence-electron chi connectivity index (χ0n) is 10.3. The van der Waals surface area contributed by atoms with Crippen LogP contribution in [0.5, 0.6) is 0 Å². The average molecular weight is 231 g/mol. The highest BCUT2D eigenvalue weighted by atomic mass is 15.2. The van der Waals surface area contributed by atoms with E-state index in [1.54, 1.807) is 0 Å². The van der Waals surface area contributed by atoms with Crippen LogP contribution in [0.1, 0.15) is 30.7 Å². The highest BCUT2D eigenvalue weighted by Gasteiger charge is 2.27. The predicted molar refractivity (Wildman–Crippen MR) is 69.1 cm³/mol. The van der Waals surface area contributed by atoms with Gasteiger partial charge in [-0.25, -0.2) is 0 Å². The maximum Gasteiger partial charge on any atom is 0.0270 e. The first-order valence-electron chi connectivity index (χ1n) is 6.78. The van der Waals surface area contributed by atoms with Crippen molar-refractivity contribution in [2.24, 2.45) is 0 Å². The summed E-state index contributed by atoms with van der Waals surface area (Å²) in [6, 6.07) is 5.16. The lowest BCUT2D eigenvalue weighted by molar-refractivity contribution is 0.161. The van der Waals surface area contributed by atoms with E-state index in [4.69, 9.17) is 0 Å². The van der Waals surface area contributed by atoms with E-state index < -0.39 is 0 Å². The van der Waals surface area contributed by atoms with Crippen molar-refractivity contribution in [3.8, 4) is 0 Å². The Balaban J connectivity index is 1.57. The third-order valence-corrected chi connectivity index (χ3v) is 4.26. The summed E-state index contributed by atoms with van der Waals surface area (Å²) in [6.45, 7) is 4.92. The molecule has 92 valence electrons. The number of hydrogen-bond acceptors (Lipinski definition) is 3. The molecule has 1 atom stereocenters. The Morgan fingerprint density at radius 1 is 1.12 bits per heavy atom. The van der Waals surface area contributed by atoms with Crippen LogP contribution in [0, 0.1) is 0 Å². The molecule has 0 spiro atoms. The van der Waals surface area contributed by atoms with E-state index in [9.17, 15) is 0 Å². The Labute approximate surface area is 103 Å². The monoisotopic (exact) mass is 231 g/mol. The Bertz CT molecular complexity index is 338. The number of piperidine rings is 1. The summed E-state index contributed by atoms with van der Waals surface area (Å²) in [4.78, 5) is 6.78. The zero-order chi connectivity index (χ0) is 11.5. The molecule has 0 saturated carbocycles. The van der Waals surface area contributed by atoms with Gasteiger partial charge in [-0.05, 0) is 62.5 Å². The van der Waals surface area contributed by atoms with Crippen molar-refractivity contribution in [1.82, 2.24) is 15.2 Å². The van der Waals surface area contributed by atoms with Gasteiger partial charge in [-0.3, -0.25) is 9.88 Å². The molecule has 0 radical (unpaired) electrons. The van der Waals surface area contributed by atoms with Gasteiger partial charge in [-0.15, -0.1) is 0 Å². The first-order chi connectivity index (χ1) is 8.43. The number of hydrogen-bond donors (Lipinski definition) is 1. The number of pyridine rings is 1. The van der Waals surface area contributed by atoms with Crippen molar-refractivity contribution in [3.05, 3.63) is 30.1 Å². The number of rotatable bonds is 2. The third kappa shape index (κ3) is 2.50. The summed E-state index contributed by atoms with van der Waals surface area (Å²) in [7, 11) is 0. The summed E-state index contributed by atoms with van der Waals surface area (Å²) in [5.41, 5.74) is 1.48. The van der Waals surface area contributed by atoms with Crippen LogP contribution in [0.2, 0.25) is 0 Å². The van der Waals surface area contributed by atoms with Crippen LogP contribution >= 0.6 is 0 Å². The molecule has 3 heterocycles. The van der Waals surface area contributed by atoms with E-state index in [1.165, 1.54) is 51.0 Å². The number of likely N-dealkylation sites (tertiary alicyclic amines) is 1. The van der Waals surface area contributed by atoms with E-state index in [1.807, 2.05) is 12.4 Å². The molecule has 2 saturated heterocycles. The van der Waals surface area contributed by atoms with Crippen molar-refractivity contribution in [2.45, 2.75) is 31.2 Å². The van der Waals surface area contributed by atoms with Gasteiger partial charge in [0.15, 0.2) is 0 Å². The molecule has 17 heavy (non-hydrogen) atoms. The van der Waals surface area contributed by atoms with Crippen LogP contribution in [0.15, 0.2) is 24.5 Å². The summed E-state index contributed by atoms with van der Waals surface area (Å²) >= 11 is 0. The van der Waals surface area contributed by atoms with Crippen molar-refractivity contribution in [2.75, 3.05) is 26.2 Å². The Kier molecular flexibility index (Phi) is 3.39. The van der Waals surface area contributed by atoms with Gasteiger partial charge in [0.2, 0.25) is 0 Å². The maximum absolute atomic E-state index is 4.10. The Morgan fingerprint density at radius 2 is 1.88 bits per heavy atom. The normalized spacial score (nSPS) is 27.4. The van der Waals surface area contributed by atoms with Crippen molar-refractivity contribution in [3.63, 3.8) is 0 Å². The Hall–Kier alpha value is -0.930. The average Bonchev–Trinajstić information content (AvgIpc) is 2.94. The van der Waals surface area contributed by atoms with E-state index in [0.717, 1.165) is 12.0 Å². The number of aromatic nitrogens is 1. The van der Waals surface area contributed by atoms with Gasteiger partial charge in [-0.2, -0.15) is 0 Å². The highest BCUT2D eigenvalue weighted by Crippen LogP contribution is 2.28. The lowest BCUT2D eigenvalue weighted by atomic mass is 9.89. The predicted octanol–water partition coefficient (Wildman–Crippen LogP) is 1.62. The molecule has 1 aromatic heterocycles. The quantitative estimate of drug-likeness (QED) is 0.838. The molecule has 1 aromatic rings. The fraction of sp³-hybridized carbons (Fsp3) is 0.643. The van der Waals surface area contributed by atoms with Crippen LogP contribution in [0.4, 0.5) is 0 Å². The molecule has 3 nitrogen and oxygen atoms in total. The standard InChI is InChI=1S/C14H21N3/c1-6-15-7-2-12(1)13-4-9-17(10-5-13)14-3-8-16-11-14/h1-2,6-7,13-14,16H,3-5,8-11H2. The van der Waals surface area contributed by atoms with Gasteiger partial charge < -0.3 is 5.32 Å². The molecule has 0 aliphatic carbocycles. The zero-order valence-corrected chi connectivity index (χ0v) is 10.3. The van der Waals surface area contributed by atoms with Gasteiger partial charge in [-0.1, -0.05) is 0 Å². The molecular formula is C14H21N3. The Morgan fingerprint density at radius 3 is 2.53 bits per heavy atom. The van der Waals surface area contributed by atoms with Crippen molar-refractivity contribution < 1.29 is 0 Å². The van der Waals surface area contributed by atoms with Gasteiger partial charge in [0.25, 0.3) is 0 Å². The molecule has 3 heteroatoms. The van der Waals surface area contributed by atoms with Crippen LogP contribution in [0.25, 0.3) is 0 Å². The minimum absolute atomic E-state index is 0.753. The minimum Gasteiger partial charge on any atom is -0.315 e. The maximum atomic E-state index is 4.10. The first-order valence-corrected chi connectivity index (χ1v) is 6.78. The van der Waals surface area contributed by atoms with E-state index in [-0.39, 0.29) is 0 Å². The van der Waals surface area contributed by atoms with E-state index in [0.29, 0.717) is 0 Å². The van der Waals surface area contributed by atoms with E-state index >= 15 is 0 Å². The summed E-state index contributed by atoms with van der Waals surface area (Å²) in [5.74, 6) is 0.753. The largest absolute Gasteiger partial charge is 0.315 e. The lowest BCUT2D eigenvalue weighted by Gasteiger charge is -2.35. The minimum atomic E-state index is 0.753. The van der Waals surface area contributed by atoms with Gasteiger partial charge in [0.05, 0.1) is 0 Å². The van der Waals surface area contributed by atoms with Crippen LogP contribution in [-0.2, 0) is 0 Å². The number of nitrogens with zero attached hydrogens (tertiary/aromatic N) is 2.